The lowest BCUT2D eigenvalue weighted by molar-refractivity contribution is -0.00517. The summed E-state index contributed by atoms with van der Waals surface area (Å²) in [5.41, 5.74) is 8.79. The molecule has 2 nitrogen and oxygen atoms in total. The van der Waals surface area contributed by atoms with Gasteiger partial charge in [-0.2, -0.15) is 5.26 Å². The van der Waals surface area contributed by atoms with Crippen molar-refractivity contribution in [2.24, 2.45) is 17.8 Å². The van der Waals surface area contributed by atoms with Crippen molar-refractivity contribution in [3.05, 3.63) is 102 Å². The second-order valence-corrected chi connectivity index (χ2v) is 11.5. The first kappa shape index (κ1) is 21.6. The minimum atomic E-state index is 0.246. The first-order chi connectivity index (χ1) is 17.7. The Morgan fingerprint density at radius 2 is 1.17 bits per heavy atom. The van der Waals surface area contributed by atoms with Crippen molar-refractivity contribution < 1.29 is 0 Å². The molecule has 1 aromatic heterocycles. The molecule has 0 atom stereocenters. The molecular weight excluding hydrogens is 436 g/mol. The number of aromatic nitrogens is 1. The van der Waals surface area contributed by atoms with Crippen LogP contribution in [0.3, 0.4) is 0 Å². The molecule has 176 valence electrons. The first-order valence-corrected chi connectivity index (χ1v) is 13.4. The normalized spacial score (nSPS) is 26.0. The molecule has 0 aliphatic heterocycles. The van der Waals surface area contributed by atoms with Crippen LogP contribution in [0, 0.1) is 29.1 Å². The van der Waals surface area contributed by atoms with E-state index in [2.05, 4.69) is 84.9 Å². The lowest BCUT2D eigenvalue weighted by atomic mass is 9.48. The lowest BCUT2D eigenvalue weighted by Gasteiger charge is -2.57. The minimum absolute atomic E-state index is 0.246. The highest BCUT2D eigenvalue weighted by molar-refractivity contribution is 5.77. The van der Waals surface area contributed by atoms with Crippen molar-refractivity contribution in [1.82, 2.24) is 4.98 Å². The standard InChI is InChI=1S/C34H30N2/c35-22-26-14-30(16-31(15-26)34-19-23-11-24(20-34)13-25(12-23)21-34)33-18-29(27-7-3-1-4-8-27)17-32(36-33)28-9-5-2-6-10-28/h1-10,14-18,23-25H,11-13,19-21H2. The van der Waals surface area contributed by atoms with Gasteiger partial charge in [-0.1, -0.05) is 60.7 Å². The van der Waals surface area contributed by atoms with Crippen LogP contribution < -0.4 is 0 Å². The Kier molecular flexibility index (Phi) is 5.07. The molecule has 0 saturated heterocycles. The van der Waals surface area contributed by atoms with E-state index in [0.717, 1.165) is 51.4 Å². The molecule has 0 unspecified atom stereocenters. The van der Waals surface area contributed by atoms with Gasteiger partial charge in [0.25, 0.3) is 0 Å². The van der Waals surface area contributed by atoms with Gasteiger partial charge in [0.15, 0.2) is 0 Å². The Hall–Kier alpha value is -3.70. The fourth-order valence-corrected chi connectivity index (χ4v) is 7.84. The molecule has 4 fully saturated rings. The summed E-state index contributed by atoms with van der Waals surface area (Å²) in [6.07, 6.45) is 8.14. The van der Waals surface area contributed by atoms with Crippen LogP contribution in [0.15, 0.2) is 91.0 Å². The van der Waals surface area contributed by atoms with Gasteiger partial charge in [-0.3, -0.25) is 0 Å². The zero-order valence-corrected chi connectivity index (χ0v) is 20.5. The Morgan fingerprint density at radius 1 is 0.611 bits per heavy atom. The van der Waals surface area contributed by atoms with Gasteiger partial charge in [0.2, 0.25) is 0 Å². The van der Waals surface area contributed by atoms with Crippen LogP contribution in [-0.2, 0) is 5.41 Å². The van der Waals surface area contributed by atoms with Crippen molar-refractivity contribution in [3.8, 4) is 39.7 Å². The number of rotatable bonds is 4. The molecule has 0 radical (unpaired) electrons. The molecule has 1 heterocycles. The number of pyridine rings is 1. The van der Waals surface area contributed by atoms with Gasteiger partial charge in [-0.15, -0.1) is 0 Å². The smallest absolute Gasteiger partial charge is 0.0991 e. The van der Waals surface area contributed by atoms with Crippen molar-refractivity contribution >= 4 is 0 Å². The van der Waals surface area contributed by atoms with Crippen LogP contribution in [0.25, 0.3) is 33.6 Å². The van der Waals surface area contributed by atoms with Gasteiger partial charge < -0.3 is 0 Å². The summed E-state index contributed by atoms with van der Waals surface area (Å²) in [6, 6.07) is 34.4. The van der Waals surface area contributed by atoms with E-state index in [9.17, 15) is 5.26 Å². The number of hydrogen-bond acceptors (Lipinski definition) is 2. The van der Waals surface area contributed by atoms with Crippen molar-refractivity contribution in [1.29, 1.82) is 5.26 Å². The largest absolute Gasteiger partial charge is 0.248 e. The average molecular weight is 467 g/mol. The summed E-state index contributed by atoms with van der Waals surface area (Å²) in [7, 11) is 0. The Bertz CT molecular complexity index is 1370. The van der Waals surface area contributed by atoms with E-state index in [1.165, 1.54) is 49.7 Å². The molecule has 0 N–H and O–H groups in total. The van der Waals surface area contributed by atoms with Gasteiger partial charge in [-0.25, -0.2) is 4.98 Å². The zero-order valence-electron chi connectivity index (χ0n) is 20.5. The maximum Gasteiger partial charge on any atom is 0.0991 e. The van der Waals surface area contributed by atoms with Gasteiger partial charge >= 0.3 is 0 Å². The molecule has 4 saturated carbocycles. The predicted molar refractivity (Wildman–Crippen MR) is 145 cm³/mol. The maximum absolute atomic E-state index is 10.0. The van der Waals surface area contributed by atoms with Crippen molar-refractivity contribution in [2.75, 3.05) is 0 Å². The van der Waals surface area contributed by atoms with E-state index in [1.54, 1.807) is 0 Å². The Labute approximate surface area is 213 Å². The molecule has 4 aromatic rings. The highest BCUT2D eigenvalue weighted by Crippen LogP contribution is 2.61. The lowest BCUT2D eigenvalue weighted by Crippen LogP contribution is -2.48. The fourth-order valence-electron chi connectivity index (χ4n) is 7.84. The molecule has 4 aliphatic carbocycles. The molecule has 0 amide bonds. The SMILES string of the molecule is N#Cc1cc(-c2cc(-c3ccccc3)cc(-c3ccccc3)n2)cc(C23CC4CC(CC(C4)C2)C3)c1. The molecule has 3 aromatic carbocycles. The van der Waals surface area contributed by atoms with Crippen LogP contribution in [0.1, 0.15) is 49.7 Å². The van der Waals surface area contributed by atoms with Crippen molar-refractivity contribution in [2.45, 2.75) is 43.9 Å². The van der Waals surface area contributed by atoms with Crippen LogP contribution in [0.2, 0.25) is 0 Å². The van der Waals surface area contributed by atoms with Gasteiger partial charge in [-0.05, 0) is 109 Å². The molecule has 0 spiro atoms. The van der Waals surface area contributed by atoms with E-state index >= 15 is 0 Å². The number of hydrogen-bond donors (Lipinski definition) is 0. The summed E-state index contributed by atoms with van der Waals surface area (Å²) in [6.45, 7) is 0. The predicted octanol–water partition coefficient (Wildman–Crippen LogP) is 8.42. The summed E-state index contributed by atoms with van der Waals surface area (Å²) < 4.78 is 0. The third kappa shape index (κ3) is 3.75. The number of nitriles is 1. The molecular formula is C34H30N2. The average Bonchev–Trinajstić information content (AvgIpc) is 2.93. The molecule has 4 bridgehead atoms. The first-order valence-electron chi connectivity index (χ1n) is 13.4. The van der Waals surface area contributed by atoms with E-state index in [1.807, 2.05) is 12.1 Å². The third-order valence-corrected chi connectivity index (χ3v) is 9.01. The quantitative estimate of drug-likeness (QED) is 0.303. The van der Waals surface area contributed by atoms with Crippen LogP contribution in [0.5, 0.6) is 0 Å². The Morgan fingerprint density at radius 3 is 1.75 bits per heavy atom. The highest BCUT2D eigenvalue weighted by Gasteiger charge is 2.51. The highest BCUT2D eigenvalue weighted by atomic mass is 14.7. The van der Waals surface area contributed by atoms with E-state index in [0.29, 0.717) is 0 Å². The fraction of sp³-hybridized carbons (Fsp3) is 0.294. The van der Waals surface area contributed by atoms with Gasteiger partial charge in [0.05, 0.1) is 23.0 Å². The summed E-state index contributed by atoms with van der Waals surface area (Å²) in [4.78, 5) is 5.15. The summed E-state index contributed by atoms with van der Waals surface area (Å²) in [5.74, 6) is 2.61. The minimum Gasteiger partial charge on any atom is -0.248 e. The van der Waals surface area contributed by atoms with Crippen LogP contribution >= 0.6 is 0 Å². The van der Waals surface area contributed by atoms with E-state index < -0.39 is 0 Å². The second kappa shape index (κ2) is 8.45. The van der Waals surface area contributed by atoms with Gasteiger partial charge in [0.1, 0.15) is 0 Å². The van der Waals surface area contributed by atoms with E-state index in [4.69, 9.17) is 4.98 Å². The van der Waals surface area contributed by atoms with Crippen LogP contribution in [0.4, 0.5) is 0 Å². The second-order valence-electron chi connectivity index (χ2n) is 11.5. The number of nitrogens with zero attached hydrogens (tertiary/aromatic N) is 2. The van der Waals surface area contributed by atoms with Crippen molar-refractivity contribution in [3.63, 3.8) is 0 Å². The van der Waals surface area contributed by atoms with E-state index in [-0.39, 0.29) is 5.41 Å². The topological polar surface area (TPSA) is 36.7 Å². The van der Waals surface area contributed by atoms with Crippen LogP contribution in [-0.4, -0.2) is 4.98 Å². The summed E-state index contributed by atoms with van der Waals surface area (Å²) in [5, 5.41) is 10.0. The maximum atomic E-state index is 10.0. The zero-order chi connectivity index (χ0) is 24.1. The number of benzene rings is 3. The molecule has 8 rings (SSSR count). The molecule has 4 aliphatic rings. The molecule has 2 heteroatoms. The monoisotopic (exact) mass is 466 g/mol. The summed E-state index contributed by atoms with van der Waals surface area (Å²) >= 11 is 0. The Balaban J connectivity index is 1.39. The molecule has 36 heavy (non-hydrogen) atoms. The van der Waals surface area contributed by atoms with Gasteiger partial charge in [0, 0.05) is 11.1 Å². The third-order valence-electron chi connectivity index (χ3n) is 9.01.